The lowest BCUT2D eigenvalue weighted by Gasteiger charge is -2.23. The first-order valence-corrected chi connectivity index (χ1v) is 12.6. The standard InChI is InChI=1S/C24H24ClN3O3S2/c1-2-28(20-9-4-3-5-10-20)33(30,31)21-15-13-19(14-16-21)26-24(32)27-23(29)17-12-18-8-6-7-11-22(18)25/h3-11,13-16H,2,12,17H2,1H3,(H2,26,27,29,32). The summed E-state index contributed by atoms with van der Waals surface area (Å²) in [5.74, 6) is -0.243. The maximum Gasteiger partial charge on any atom is 0.264 e. The highest BCUT2D eigenvalue weighted by Gasteiger charge is 2.23. The normalized spacial score (nSPS) is 11.0. The highest BCUT2D eigenvalue weighted by molar-refractivity contribution is 7.92. The van der Waals surface area contributed by atoms with Crippen molar-refractivity contribution in [2.75, 3.05) is 16.2 Å². The second-order valence-corrected chi connectivity index (χ2v) is 9.80. The number of carbonyl (C=O) groups is 1. The molecule has 0 unspecified atom stereocenters. The summed E-state index contributed by atoms with van der Waals surface area (Å²) in [4.78, 5) is 12.4. The van der Waals surface area contributed by atoms with Crippen molar-refractivity contribution in [3.63, 3.8) is 0 Å². The maximum absolute atomic E-state index is 13.1. The van der Waals surface area contributed by atoms with Gasteiger partial charge in [-0.1, -0.05) is 48.0 Å². The number of sulfonamides is 1. The van der Waals surface area contributed by atoms with E-state index in [0.29, 0.717) is 29.4 Å². The zero-order chi connectivity index (χ0) is 23.8. The first-order valence-electron chi connectivity index (χ1n) is 10.3. The number of nitrogens with one attached hydrogen (secondary N) is 2. The molecule has 9 heteroatoms. The van der Waals surface area contributed by atoms with E-state index in [-0.39, 0.29) is 22.3 Å². The van der Waals surface area contributed by atoms with Gasteiger partial charge in [0.25, 0.3) is 10.0 Å². The third-order valence-corrected chi connectivity index (χ3v) is 7.35. The summed E-state index contributed by atoms with van der Waals surface area (Å²) in [6.45, 7) is 2.09. The summed E-state index contributed by atoms with van der Waals surface area (Å²) in [5.41, 5.74) is 2.05. The Hall–Kier alpha value is -2.94. The molecule has 0 bridgehead atoms. The zero-order valence-electron chi connectivity index (χ0n) is 18.0. The third kappa shape index (κ3) is 6.54. The van der Waals surface area contributed by atoms with E-state index in [1.165, 1.54) is 16.4 Å². The van der Waals surface area contributed by atoms with Gasteiger partial charge in [-0.3, -0.25) is 9.10 Å². The van der Waals surface area contributed by atoms with Crippen LogP contribution in [0.4, 0.5) is 11.4 Å². The van der Waals surface area contributed by atoms with Crippen LogP contribution in [0, 0.1) is 0 Å². The zero-order valence-corrected chi connectivity index (χ0v) is 20.4. The molecule has 2 N–H and O–H groups in total. The van der Waals surface area contributed by atoms with Crippen LogP contribution in [-0.2, 0) is 21.2 Å². The first-order chi connectivity index (χ1) is 15.8. The molecule has 0 atom stereocenters. The summed E-state index contributed by atoms with van der Waals surface area (Å²) in [6, 6.07) is 22.5. The average molecular weight is 502 g/mol. The number of hydrogen-bond acceptors (Lipinski definition) is 4. The van der Waals surface area contributed by atoms with Crippen molar-refractivity contribution in [3.8, 4) is 0 Å². The van der Waals surface area contributed by atoms with Gasteiger partial charge in [-0.25, -0.2) is 8.42 Å². The van der Waals surface area contributed by atoms with Crippen molar-refractivity contribution >= 4 is 56.2 Å². The molecule has 0 saturated carbocycles. The maximum atomic E-state index is 13.1. The summed E-state index contributed by atoms with van der Waals surface area (Å²) < 4.78 is 27.5. The molecule has 172 valence electrons. The van der Waals surface area contributed by atoms with Gasteiger partial charge in [-0.05, 0) is 73.6 Å². The van der Waals surface area contributed by atoms with Crippen molar-refractivity contribution < 1.29 is 13.2 Å². The van der Waals surface area contributed by atoms with Crippen LogP contribution in [0.2, 0.25) is 5.02 Å². The molecule has 3 aromatic carbocycles. The van der Waals surface area contributed by atoms with Gasteiger partial charge in [0.1, 0.15) is 0 Å². The number of halogens is 1. The molecule has 0 fully saturated rings. The highest BCUT2D eigenvalue weighted by atomic mass is 35.5. The predicted molar refractivity (Wildman–Crippen MR) is 137 cm³/mol. The Balaban J connectivity index is 1.59. The van der Waals surface area contributed by atoms with Crippen LogP contribution in [0.5, 0.6) is 0 Å². The van der Waals surface area contributed by atoms with Crippen molar-refractivity contribution in [1.82, 2.24) is 5.32 Å². The highest BCUT2D eigenvalue weighted by Crippen LogP contribution is 2.24. The van der Waals surface area contributed by atoms with E-state index in [2.05, 4.69) is 10.6 Å². The number of amides is 1. The summed E-state index contributed by atoms with van der Waals surface area (Å²) >= 11 is 11.3. The average Bonchev–Trinajstić information content (AvgIpc) is 2.80. The molecule has 0 saturated heterocycles. The SMILES string of the molecule is CCN(c1ccccc1)S(=O)(=O)c1ccc(NC(=S)NC(=O)CCc2ccccc2Cl)cc1. The van der Waals surface area contributed by atoms with E-state index < -0.39 is 10.0 Å². The third-order valence-electron chi connectivity index (χ3n) is 4.86. The molecular weight excluding hydrogens is 478 g/mol. The molecule has 0 aromatic heterocycles. The molecule has 0 spiro atoms. The van der Waals surface area contributed by atoms with Gasteiger partial charge in [-0.15, -0.1) is 0 Å². The molecule has 0 heterocycles. The van der Waals surface area contributed by atoms with E-state index >= 15 is 0 Å². The molecule has 6 nitrogen and oxygen atoms in total. The van der Waals surface area contributed by atoms with Gasteiger partial charge in [0.15, 0.2) is 5.11 Å². The molecule has 0 aliphatic rings. The topological polar surface area (TPSA) is 78.5 Å². The number of hydrogen-bond donors (Lipinski definition) is 2. The lowest BCUT2D eigenvalue weighted by atomic mass is 10.1. The van der Waals surface area contributed by atoms with E-state index in [1.807, 2.05) is 24.3 Å². The Morgan fingerprint density at radius 3 is 2.24 bits per heavy atom. The van der Waals surface area contributed by atoms with Gasteiger partial charge >= 0.3 is 0 Å². The van der Waals surface area contributed by atoms with E-state index in [1.54, 1.807) is 49.4 Å². The van der Waals surface area contributed by atoms with Crippen molar-refractivity contribution in [2.45, 2.75) is 24.7 Å². The minimum absolute atomic E-state index is 0.134. The summed E-state index contributed by atoms with van der Waals surface area (Å²) in [6.07, 6.45) is 0.727. The number of thiocarbonyl (C=S) groups is 1. The fourth-order valence-corrected chi connectivity index (χ4v) is 5.16. The van der Waals surface area contributed by atoms with Crippen molar-refractivity contribution in [1.29, 1.82) is 0 Å². The quantitative estimate of drug-likeness (QED) is 0.425. The molecular formula is C24H24ClN3O3S2. The Kier molecular flexibility index (Phi) is 8.43. The van der Waals surface area contributed by atoms with Crippen molar-refractivity contribution in [2.24, 2.45) is 0 Å². The summed E-state index contributed by atoms with van der Waals surface area (Å²) in [5, 5.41) is 6.28. The van der Waals surface area contributed by atoms with Crippen LogP contribution >= 0.6 is 23.8 Å². The van der Waals surface area contributed by atoms with Crippen molar-refractivity contribution in [3.05, 3.63) is 89.4 Å². The Morgan fingerprint density at radius 2 is 1.61 bits per heavy atom. The number of para-hydroxylation sites is 1. The van der Waals surface area contributed by atoms with Crippen LogP contribution in [-0.4, -0.2) is 26.0 Å². The Bertz CT molecular complexity index is 1220. The van der Waals surface area contributed by atoms with Gasteiger partial charge in [0.2, 0.25) is 5.91 Å². The van der Waals surface area contributed by atoms with Gasteiger partial charge in [0, 0.05) is 23.7 Å². The summed E-state index contributed by atoms with van der Waals surface area (Å²) in [7, 11) is -3.71. The Morgan fingerprint density at radius 1 is 0.970 bits per heavy atom. The second kappa shape index (κ2) is 11.3. The molecule has 33 heavy (non-hydrogen) atoms. The van der Waals surface area contributed by atoms with Gasteiger partial charge in [-0.2, -0.15) is 0 Å². The van der Waals surface area contributed by atoms with Gasteiger partial charge < -0.3 is 10.6 Å². The largest absolute Gasteiger partial charge is 0.332 e. The van der Waals surface area contributed by atoms with Crippen LogP contribution in [0.25, 0.3) is 0 Å². The van der Waals surface area contributed by atoms with Gasteiger partial charge in [0.05, 0.1) is 10.6 Å². The molecule has 0 aliphatic heterocycles. The number of rotatable bonds is 8. The molecule has 0 radical (unpaired) electrons. The molecule has 3 rings (SSSR count). The lowest BCUT2D eigenvalue weighted by molar-refractivity contribution is -0.119. The van der Waals surface area contributed by atoms with Crippen LogP contribution < -0.4 is 14.9 Å². The second-order valence-electron chi connectivity index (χ2n) is 7.12. The lowest BCUT2D eigenvalue weighted by Crippen LogP contribution is -2.34. The molecule has 0 aliphatic carbocycles. The minimum Gasteiger partial charge on any atom is -0.332 e. The monoisotopic (exact) mass is 501 g/mol. The fraction of sp³-hybridized carbons (Fsp3) is 0.167. The number of carbonyl (C=O) groups excluding carboxylic acids is 1. The van der Waals surface area contributed by atoms with Crippen LogP contribution in [0.15, 0.2) is 83.8 Å². The number of nitrogens with zero attached hydrogens (tertiary/aromatic N) is 1. The van der Waals surface area contributed by atoms with E-state index in [0.717, 1.165) is 5.56 Å². The predicted octanol–water partition coefficient (Wildman–Crippen LogP) is 5.00. The minimum atomic E-state index is -3.71. The van der Waals surface area contributed by atoms with E-state index in [4.69, 9.17) is 23.8 Å². The first kappa shape index (κ1) is 24.7. The fourth-order valence-electron chi connectivity index (χ4n) is 3.22. The molecule has 1 amide bonds. The number of benzene rings is 3. The number of anilines is 2. The number of aryl methyl sites for hydroxylation is 1. The van der Waals surface area contributed by atoms with E-state index in [9.17, 15) is 13.2 Å². The van der Waals surface area contributed by atoms with Crippen LogP contribution in [0.1, 0.15) is 18.9 Å². The van der Waals surface area contributed by atoms with Crippen LogP contribution in [0.3, 0.4) is 0 Å². The Labute approximate surface area is 204 Å². The smallest absolute Gasteiger partial charge is 0.264 e. The molecule has 3 aromatic rings.